The van der Waals surface area contributed by atoms with E-state index in [1.807, 2.05) is 0 Å². The number of hydrogen-bond donors (Lipinski definition) is 6. The van der Waals surface area contributed by atoms with Crippen LogP contribution in [0.1, 0.15) is 38.8 Å². The molecular formula is C28H36O14P2. The van der Waals surface area contributed by atoms with Gasteiger partial charge in [0.15, 0.2) is 6.61 Å². The fourth-order valence-electron chi connectivity index (χ4n) is 3.63. The molecule has 242 valence electrons. The van der Waals surface area contributed by atoms with Gasteiger partial charge < -0.3 is 48.7 Å². The molecule has 0 aliphatic heterocycles. The van der Waals surface area contributed by atoms with E-state index in [1.54, 1.807) is 13.8 Å². The zero-order valence-corrected chi connectivity index (χ0v) is 26.3. The SMILES string of the molecule is C=C(C)C(=O)OCC(O)COc1ccc(C(C)(C)c2ccc(OCC(O)OC(=O)C(=C)C)c(P(=O)(O)O)c2)cc1P(=O)(O)O. The van der Waals surface area contributed by atoms with E-state index in [-0.39, 0.29) is 22.6 Å². The minimum absolute atomic E-state index is 0.0206. The van der Waals surface area contributed by atoms with Crippen LogP contribution in [0.3, 0.4) is 0 Å². The van der Waals surface area contributed by atoms with Crippen LogP contribution in [0.5, 0.6) is 11.5 Å². The molecule has 0 saturated heterocycles. The minimum atomic E-state index is -4.96. The van der Waals surface area contributed by atoms with Gasteiger partial charge in [0.2, 0.25) is 6.29 Å². The third kappa shape index (κ3) is 10.1. The number of carbonyl (C=O) groups is 2. The number of hydrogen-bond acceptors (Lipinski definition) is 10. The van der Waals surface area contributed by atoms with E-state index < -0.39 is 75.4 Å². The largest absolute Gasteiger partial charge is 0.490 e. The van der Waals surface area contributed by atoms with Gasteiger partial charge in [-0.3, -0.25) is 9.13 Å². The van der Waals surface area contributed by atoms with Gasteiger partial charge in [0.25, 0.3) is 0 Å². The molecule has 0 amide bonds. The Hall–Kier alpha value is -3.32. The highest BCUT2D eigenvalue weighted by molar-refractivity contribution is 7.60. The molecule has 14 nitrogen and oxygen atoms in total. The van der Waals surface area contributed by atoms with Crippen molar-refractivity contribution < 1.29 is 67.5 Å². The summed E-state index contributed by atoms with van der Waals surface area (Å²) in [5.74, 6) is -2.15. The predicted molar refractivity (Wildman–Crippen MR) is 158 cm³/mol. The van der Waals surface area contributed by atoms with Gasteiger partial charge in [-0.15, -0.1) is 0 Å². The summed E-state index contributed by atoms with van der Waals surface area (Å²) in [5, 5.41) is 18.9. The van der Waals surface area contributed by atoms with Crippen molar-refractivity contribution in [3.63, 3.8) is 0 Å². The van der Waals surface area contributed by atoms with E-state index in [4.69, 9.17) is 18.9 Å². The fraction of sp³-hybridized carbons (Fsp3) is 0.357. The van der Waals surface area contributed by atoms with Crippen LogP contribution in [0.15, 0.2) is 60.7 Å². The Kier molecular flexibility index (Phi) is 12.3. The van der Waals surface area contributed by atoms with Crippen molar-refractivity contribution in [2.75, 3.05) is 19.8 Å². The molecular weight excluding hydrogens is 622 g/mol. The summed E-state index contributed by atoms with van der Waals surface area (Å²) < 4.78 is 45.0. The maximum Gasteiger partial charge on any atom is 0.359 e. The Morgan fingerprint density at radius 2 is 1.20 bits per heavy atom. The van der Waals surface area contributed by atoms with Crippen molar-refractivity contribution in [2.45, 2.75) is 45.5 Å². The molecule has 2 aromatic rings. The lowest BCUT2D eigenvalue weighted by Crippen LogP contribution is -2.28. The lowest BCUT2D eigenvalue weighted by Gasteiger charge is -2.28. The van der Waals surface area contributed by atoms with Gasteiger partial charge in [-0.2, -0.15) is 0 Å². The Labute approximate surface area is 253 Å². The molecule has 2 aromatic carbocycles. The van der Waals surface area contributed by atoms with Crippen LogP contribution in [-0.2, 0) is 33.6 Å². The lowest BCUT2D eigenvalue weighted by molar-refractivity contribution is -0.167. The van der Waals surface area contributed by atoms with Crippen LogP contribution in [0.4, 0.5) is 0 Å². The quantitative estimate of drug-likeness (QED) is 0.0687. The van der Waals surface area contributed by atoms with Gasteiger partial charge in [-0.1, -0.05) is 39.1 Å². The number of carbonyl (C=O) groups excluding carboxylic acids is 2. The second kappa shape index (κ2) is 14.6. The predicted octanol–water partition coefficient (Wildman–Crippen LogP) is 1.29. The summed E-state index contributed by atoms with van der Waals surface area (Å²) in [5.41, 5.74) is -0.315. The van der Waals surface area contributed by atoms with Crippen molar-refractivity contribution in [1.29, 1.82) is 0 Å². The van der Waals surface area contributed by atoms with Crippen LogP contribution in [0.2, 0.25) is 0 Å². The molecule has 0 heterocycles. The van der Waals surface area contributed by atoms with E-state index in [0.29, 0.717) is 11.1 Å². The second-order valence-corrected chi connectivity index (χ2v) is 13.5. The first-order valence-electron chi connectivity index (χ1n) is 12.9. The molecule has 2 atom stereocenters. The molecule has 0 aliphatic carbocycles. The molecule has 0 fully saturated rings. The third-order valence-electron chi connectivity index (χ3n) is 6.15. The Balaban J connectivity index is 2.36. The van der Waals surface area contributed by atoms with E-state index in [1.165, 1.54) is 44.2 Å². The Morgan fingerprint density at radius 3 is 1.61 bits per heavy atom. The molecule has 2 rings (SSSR count). The van der Waals surface area contributed by atoms with Crippen LogP contribution in [0, 0.1) is 0 Å². The van der Waals surface area contributed by atoms with Gasteiger partial charge in [0.05, 0.1) is 0 Å². The third-order valence-corrected chi connectivity index (χ3v) is 8.10. The van der Waals surface area contributed by atoms with Crippen LogP contribution in [0.25, 0.3) is 0 Å². The van der Waals surface area contributed by atoms with Gasteiger partial charge in [0.1, 0.15) is 41.4 Å². The number of aliphatic hydroxyl groups is 2. The highest BCUT2D eigenvalue weighted by Crippen LogP contribution is 2.43. The molecule has 0 radical (unpaired) electrons. The highest BCUT2D eigenvalue weighted by Gasteiger charge is 2.32. The number of esters is 2. The number of ether oxygens (including phenoxy) is 4. The maximum atomic E-state index is 12.4. The minimum Gasteiger partial charge on any atom is -0.490 e. The second-order valence-electron chi connectivity index (χ2n) is 10.4. The van der Waals surface area contributed by atoms with Gasteiger partial charge in [0, 0.05) is 16.6 Å². The Morgan fingerprint density at radius 1 is 0.773 bits per heavy atom. The molecule has 16 heteroatoms. The first-order valence-corrected chi connectivity index (χ1v) is 16.1. The van der Waals surface area contributed by atoms with Gasteiger partial charge >= 0.3 is 27.1 Å². The summed E-state index contributed by atoms with van der Waals surface area (Å²) in [6.45, 7) is 11.3. The number of benzene rings is 2. The zero-order valence-electron chi connectivity index (χ0n) is 24.5. The van der Waals surface area contributed by atoms with Crippen molar-refractivity contribution in [3.8, 4) is 11.5 Å². The molecule has 44 heavy (non-hydrogen) atoms. The van der Waals surface area contributed by atoms with E-state index in [2.05, 4.69) is 13.2 Å². The normalized spacial score (nSPS) is 13.4. The summed E-state index contributed by atoms with van der Waals surface area (Å²) in [4.78, 5) is 63.1. The summed E-state index contributed by atoms with van der Waals surface area (Å²) >= 11 is 0. The molecule has 6 N–H and O–H groups in total. The summed E-state index contributed by atoms with van der Waals surface area (Å²) in [6, 6.07) is 7.79. The van der Waals surface area contributed by atoms with Gasteiger partial charge in [-0.05, 0) is 49.2 Å². The smallest absolute Gasteiger partial charge is 0.359 e. The standard InChI is InChI=1S/C28H36O14P2/c1-16(2)26(31)41-14-20(29)13-39-21-9-7-18(11-23(21)43(33,34)35)28(5,6)19-8-10-22(24(12-19)44(36,37)38)40-15-25(30)42-27(32)17(3)4/h7-12,20,25,29-30H,1,3,13-15H2,2,4-6H3,(H2,33,34,35)(H2,36,37,38). The molecule has 0 saturated carbocycles. The zero-order chi connectivity index (χ0) is 33.6. The van der Waals surface area contributed by atoms with Crippen molar-refractivity contribution in [1.82, 2.24) is 0 Å². The van der Waals surface area contributed by atoms with Crippen molar-refractivity contribution in [2.24, 2.45) is 0 Å². The molecule has 0 aromatic heterocycles. The topological polar surface area (TPSA) is 227 Å². The fourth-order valence-corrected chi connectivity index (χ4v) is 5.09. The average molecular weight is 659 g/mol. The Bertz CT molecular complexity index is 1500. The van der Waals surface area contributed by atoms with Gasteiger partial charge in [-0.25, -0.2) is 9.59 Å². The monoisotopic (exact) mass is 658 g/mol. The van der Waals surface area contributed by atoms with E-state index >= 15 is 0 Å². The molecule has 0 bridgehead atoms. The highest BCUT2D eigenvalue weighted by atomic mass is 31.2. The number of aliphatic hydroxyl groups excluding tert-OH is 2. The van der Waals surface area contributed by atoms with Crippen molar-refractivity contribution in [3.05, 3.63) is 71.8 Å². The average Bonchev–Trinajstić information content (AvgIpc) is 2.92. The first-order chi connectivity index (χ1) is 20.1. The number of rotatable bonds is 15. The van der Waals surface area contributed by atoms with Crippen molar-refractivity contribution >= 4 is 37.7 Å². The maximum absolute atomic E-state index is 12.4. The van der Waals surface area contributed by atoms with E-state index in [0.717, 1.165) is 6.07 Å². The first kappa shape index (κ1) is 36.9. The van der Waals surface area contributed by atoms with Crippen LogP contribution in [-0.4, -0.2) is 73.9 Å². The molecule has 2 unspecified atom stereocenters. The van der Waals surface area contributed by atoms with E-state index in [9.17, 15) is 48.5 Å². The molecule has 0 spiro atoms. The summed E-state index contributed by atoms with van der Waals surface area (Å²) in [7, 11) is -9.90. The lowest BCUT2D eigenvalue weighted by atomic mass is 9.78. The van der Waals surface area contributed by atoms with Crippen LogP contribution >= 0.6 is 15.2 Å². The van der Waals surface area contributed by atoms with Crippen LogP contribution < -0.4 is 20.1 Å². The molecule has 0 aliphatic rings. The summed E-state index contributed by atoms with van der Waals surface area (Å²) in [6.07, 6.45) is -3.07.